The van der Waals surface area contributed by atoms with Crippen molar-refractivity contribution >= 4 is 17.3 Å². The molecule has 0 aliphatic carbocycles. The molecule has 0 aliphatic heterocycles. The third kappa shape index (κ3) is 3.32. The molecule has 0 amide bonds. The second-order valence-corrected chi connectivity index (χ2v) is 4.74. The maximum atomic E-state index is 9.81. The van der Waals surface area contributed by atoms with Crippen LogP contribution < -0.4 is 10.1 Å². The Morgan fingerprint density at radius 2 is 2.00 bits per heavy atom. The van der Waals surface area contributed by atoms with Gasteiger partial charge in [-0.3, -0.25) is 0 Å². The molecule has 2 aromatic rings. The molecule has 0 aliphatic rings. The van der Waals surface area contributed by atoms with Crippen LogP contribution in [-0.2, 0) is 6.54 Å². The first-order valence-corrected chi connectivity index (χ1v) is 6.34. The molecule has 100 valence electrons. The molecule has 2 rings (SSSR count). The molecule has 2 N–H and O–H groups in total. The quantitative estimate of drug-likeness (QED) is 0.888. The molecule has 0 atom stereocenters. The zero-order valence-electron chi connectivity index (χ0n) is 10.9. The molecule has 0 bridgehead atoms. The highest BCUT2D eigenvalue weighted by atomic mass is 35.5. The minimum absolute atomic E-state index is 0.244. The van der Waals surface area contributed by atoms with Crippen molar-refractivity contribution < 1.29 is 9.84 Å². The van der Waals surface area contributed by atoms with Crippen LogP contribution in [0.1, 0.15) is 11.1 Å². The summed E-state index contributed by atoms with van der Waals surface area (Å²) in [4.78, 5) is 0. The Bertz CT molecular complexity index is 584. The molecular weight excluding hydrogens is 262 g/mol. The average molecular weight is 278 g/mol. The van der Waals surface area contributed by atoms with Crippen molar-refractivity contribution in [3.8, 4) is 11.5 Å². The molecule has 0 saturated heterocycles. The van der Waals surface area contributed by atoms with Crippen LogP contribution in [-0.4, -0.2) is 12.2 Å². The average Bonchev–Trinajstić information content (AvgIpc) is 2.41. The summed E-state index contributed by atoms with van der Waals surface area (Å²) in [6.45, 7) is 2.51. The molecule has 19 heavy (non-hydrogen) atoms. The first-order valence-electron chi connectivity index (χ1n) is 5.96. The number of methoxy groups -OCH3 is 1. The van der Waals surface area contributed by atoms with Gasteiger partial charge in [0.1, 0.15) is 11.5 Å². The van der Waals surface area contributed by atoms with Crippen molar-refractivity contribution in [2.45, 2.75) is 13.5 Å². The van der Waals surface area contributed by atoms with Crippen molar-refractivity contribution in [1.82, 2.24) is 0 Å². The number of aromatic hydroxyl groups is 1. The van der Waals surface area contributed by atoms with Gasteiger partial charge < -0.3 is 15.2 Å². The van der Waals surface area contributed by atoms with Crippen LogP contribution in [0, 0.1) is 6.92 Å². The van der Waals surface area contributed by atoms with E-state index in [0.29, 0.717) is 11.6 Å². The topological polar surface area (TPSA) is 41.5 Å². The van der Waals surface area contributed by atoms with Gasteiger partial charge in [-0.2, -0.15) is 0 Å². The lowest BCUT2D eigenvalue weighted by Gasteiger charge is -2.12. The van der Waals surface area contributed by atoms with Gasteiger partial charge in [-0.25, -0.2) is 0 Å². The van der Waals surface area contributed by atoms with E-state index in [0.717, 1.165) is 22.6 Å². The van der Waals surface area contributed by atoms with Crippen LogP contribution >= 0.6 is 11.6 Å². The molecule has 0 fully saturated rings. The summed E-state index contributed by atoms with van der Waals surface area (Å²) in [6.07, 6.45) is 0. The SMILES string of the molecule is COc1ccc(O)c(CNc2cc(Cl)ccc2C)c1. The number of phenolic OH excluding ortho intramolecular Hbond substituents is 1. The van der Waals surface area contributed by atoms with Gasteiger partial charge in [0.2, 0.25) is 0 Å². The lowest BCUT2D eigenvalue weighted by Crippen LogP contribution is -2.01. The molecule has 0 spiro atoms. The lowest BCUT2D eigenvalue weighted by molar-refractivity contribution is 0.411. The van der Waals surface area contributed by atoms with E-state index in [-0.39, 0.29) is 5.75 Å². The summed E-state index contributed by atoms with van der Waals surface area (Å²) in [6, 6.07) is 10.8. The predicted molar refractivity (Wildman–Crippen MR) is 78.2 cm³/mol. The Labute approximate surface area is 117 Å². The van der Waals surface area contributed by atoms with Gasteiger partial charge in [0.15, 0.2) is 0 Å². The van der Waals surface area contributed by atoms with Gasteiger partial charge in [0.25, 0.3) is 0 Å². The Morgan fingerprint density at radius 3 is 2.74 bits per heavy atom. The molecule has 0 unspecified atom stereocenters. The standard InChI is InChI=1S/C15H16ClNO2/c1-10-3-4-12(16)8-14(10)17-9-11-7-13(19-2)5-6-15(11)18/h3-8,17-18H,9H2,1-2H3. The number of halogens is 1. The van der Waals surface area contributed by atoms with Crippen LogP contribution in [0.2, 0.25) is 5.02 Å². The van der Waals surface area contributed by atoms with Crippen LogP contribution in [0.5, 0.6) is 11.5 Å². The second kappa shape index (κ2) is 5.85. The third-order valence-corrected chi connectivity index (χ3v) is 3.19. The molecule has 3 nitrogen and oxygen atoms in total. The van der Waals surface area contributed by atoms with Gasteiger partial charge in [-0.05, 0) is 42.8 Å². The highest BCUT2D eigenvalue weighted by Crippen LogP contribution is 2.25. The van der Waals surface area contributed by atoms with Crippen LogP contribution in [0.4, 0.5) is 5.69 Å². The van der Waals surface area contributed by atoms with Crippen molar-refractivity contribution in [3.63, 3.8) is 0 Å². The second-order valence-electron chi connectivity index (χ2n) is 4.31. The van der Waals surface area contributed by atoms with Gasteiger partial charge in [0.05, 0.1) is 7.11 Å². The Kier molecular flexibility index (Phi) is 4.17. The van der Waals surface area contributed by atoms with E-state index in [1.54, 1.807) is 19.2 Å². The summed E-state index contributed by atoms with van der Waals surface area (Å²) >= 11 is 5.97. The molecule has 0 aromatic heterocycles. The summed E-state index contributed by atoms with van der Waals surface area (Å²) in [7, 11) is 1.60. The fourth-order valence-electron chi connectivity index (χ4n) is 1.81. The van der Waals surface area contributed by atoms with Gasteiger partial charge in [-0.1, -0.05) is 17.7 Å². The number of hydrogen-bond acceptors (Lipinski definition) is 3. The maximum absolute atomic E-state index is 9.81. The molecule has 2 aromatic carbocycles. The summed E-state index contributed by atoms with van der Waals surface area (Å²) < 4.78 is 5.14. The Balaban J connectivity index is 2.16. The number of hydrogen-bond donors (Lipinski definition) is 2. The molecular formula is C15H16ClNO2. The van der Waals surface area contributed by atoms with Crippen molar-refractivity contribution in [1.29, 1.82) is 0 Å². The first-order chi connectivity index (χ1) is 9.10. The minimum Gasteiger partial charge on any atom is -0.508 e. The fourth-order valence-corrected chi connectivity index (χ4v) is 1.98. The van der Waals surface area contributed by atoms with Crippen molar-refractivity contribution in [3.05, 3.63) is 52.5 Å². The van der Waals surface area contributed by atoms with E-state index in [1.165, 1.54) is 0 Å². The van der Waals surface area contributed by atoms with Gasteiger partial charge in [0, 0.05) is 22.8 Å². The fraction of sp³-hybridized carbons (Fsp3) is 0.200. The highest BCUT2D eigenvalue weighted by molar-refractivity contribution is 6.30. The molecule has 0 radical (unpaired) electrons. The van der Waals surface area contributed by atoms with Crippen LogP contribution in [0.25, 0.3) is 0 Å². The summed E-state index contributed by atoms with van der Waals surface area (Å²) in [5.74, 6) is 0.963. The smallest absolute Gasteiger partial charge is 0.120 e. The first kappa shape index (κ1) is 13.6. The van der Waals surface area contributed by atoms with Crippen molar-refractivity contribution in [2.75, 3.05) is 12.4 Å². The molecule has 0 saturated carbocycles. The summed E-state index contributed by atoms with van der Waals surface area (Å²) in [5, 5.41) is 13.8. The number of phenols is 1. The maximum Gasteiger partial charge on any atom is 0.120 e. The highest BCUT2D eigenvalue weighted by Gasteiger charge is 2.05. The number of rotatable bonds is 4. The number of nitrogens with one attached hydrogen (secondary N) is 1. The number of benzene rings is 2. The Morgan fingerprint density at radius 1 is 1.21 bits per heavy atom. The van der Waals surface area contributed by atoms with Gasteiger partial charge in [-0.15, -0.1) is 0 Å². The molecule has 4 heteroatoms. The van der Waals surface area contributed by atoms with E-state index in [1.807, 2.05) is 31.2 Å². The predicted octanol–water partition coefficient (Wildman–Crippen LogP) is 3.97. The monoisotopic (exact) mass is 277 g/mol. The Hall–Kier alpha value is -1.87. The van der Waals surface area contributed by atoms with E-state index in [9.17, 15) is 5.11 Å². The normalized spacial score (nSPS) is 10.3. The van der Waals surface area contributed by atoms with E-state index in [2.05, 4.69) is 5.32 Å². The van der Waals surface area contributed by atoms with Crippen LogP contribution in [0.15, 0.2) is 36.4 Å². The number of ether oxygens (including phenoxy) is 1. The molecule has 0 heterocycles. The van der Waals surface area contributed by atoms with E-state index < -0.39 is 0 Å². The van der Waals surface area contributed by atoms with Crippen molar-refractivity contribution in [2.24, 2.45) is 0 Å². The zero-order chi connectivity index (χ0) is 13.8. The number of aryl methyl sites for hydroxylation is 1. The van der Waals surface area contributed by atoms with Gasteiger partial charge >= 0.3 is 0 Å². The zero-order valence-corrected chi connectivity index (χ0v) is 11.7. The van der Waals surface area contributed by atoms with Crippen LogP contribution in [0.3, 0.4) is 0 Å². The number of anilines is 1. The van der Waals surface area contributed by atoms with E-state index in [4.69, 9.17) is 16.3 Å². The lowest BCUT2D eigenvalue weighted by atomic mass is 10.1. The third-order valence-electron chi connectivity index (χ3n) is 2.96. The minimum atomic E-state index is 0.244. The largest absolute Gasteiger partial charge is 0.508 e. The summed E-state index contributed by atoms with van der Waals surface area (Å²) in [5.41, 5.74) is 2.83. The van der Waals surface area contributed by atoms with E-state index >= 15 is 0 Å².